The zero-order valence-corrected chi connectivity index (χ0v) is 22.8. The average molecular weight is 517 g/mol. The van der Waals surface area contributed by atoms with Crippen molar-refractivity contribution < 1.29 is 4.79 Å². The van der Waals surface area contributed by atoms with Crippen molar-refractivity contribution in [1.29, 1.82) is 0 Å². The first-order valence-corrected chi connectivity index (χ1v) is 14.2. The molecule has 0 atom stereocenters. The summed E-state index contributed by atoms with van der Waals surface area (Å²) in [6, 6.07) is 14.7. The molecule has 194 valence electrons. The molecule has 0 unspecified atom stereocenters. The molecular formula is C31H37ClN4O. The van der Waals surface area contributed by atoms with Crippen molar-refractivity contribution >= 4 is 17.5 Å². The predicted molar refractivity (Wildman–Crippen MR) is 149 cm³/mol. The molecular weight excluding hydrogens is 480 g/mol. The summed E-state index contributed by atoms with van der Waals surface area (Å²) in [4.78, 5) is 13.3. The molecule has 2 aromatic carbocycles. The van der Waals surface area contributed by atoms with Crippen molar-refractivity contribution in [2.24, 2.45) is 23.7 Å². The Morgan fingerprint density at radius 1 is 0.919 bits per heavy atom. The standard InChI is InChI=1S/C31H37ClN4O/c1-18-10-19(2)12-27(11-18)36-30(23-4-6-26(32)7-5-23)20(3)28(35-36)31(37)34-9-8-33-29-24-14-21-13-22(16-24)17-25(29)15-21/h4-7,10-12,21-22,24-25,29,33H,8-9,13-17H2,1-3H3,(H,34,37)/t21-,22+,24-,25+,29?. The van der Waals surface area contributed by atoms with Gasteiger partial charge >= 0.3 is 0 Å². The van der Waals surface area contributed by atoms with Crippen LogP contribution in [0.3, 0.4) is 0 Å². The summed E-state index contributed by atoms with van der Waals surface area (Å²) in [5.74, 6) is 3.51. The summed E-state index contributed by atoms with van der Waals surface area (Å²) in [7, 11) is 0. The molecule has 1 amide bonds. The molecule has 7 rings (SSSR count). The average Bonchev–Trinajstić information content (AvgIpc) is 3.19. The second-order valence-corrected chi connectivity index (χ2v) is 12.2. The molecule has 4 saturated carbocycles. The van der Waals surface area contributed by atoms with Gasteiger partial charge in [-0.05, 0) is 112 Å². The van der Waals surface area contributed by atoms with Crippen LogP contribution in [0.1, 0.15) is 59.3 Å². The minimum atomic E-state index is -0.122. The number of nitrogens with one attached hydrogen (secondary N) is 2. The first kappa shape index (κ1) is 24.7. The van der Waals surface area contributed by atoms with Gasteiger partial charge in [0.25, 0.3) is 5.91 Å². The van der Waals surface area contributed by atoms with Crippen LogP contribution >= 0.6 is 11.6 Å². The van der Waals surface area contributed by atoms with Gasteiger partial charge < -0.3 is 10.6 Å². The quantitative estimate of drug-likeness (QED) is 0.364. The van der Waals surface area contributed by atoms with Crippen LogP contribution in [0.4, 0.5) is 0 Å². The fraction of sp³-hybridized carbons (Fsp3) is 0.484. The molecule has 4 aliphatic carbocycles. The van der Waals surface area contributed by atoms with Crippen LogP contribution in [-0.4, -0.2) is 34.8 Å². The van der Waals surface area contributed by atoms with Crippen LogP contribution in [0.5, 0.6) is 0 Å². The highest BCUT2D eigenvalue weighted by Gasteiger charge is 2.47. The Morgan fingerprint density at radius 2 is 1.54 bits per heavy atom. The van der Waals surface area contributed by atoms with Gasteiger partial charge in [-0.2, -0.15) is 5.10 Å². The first-order chi connectivity index (χ1) is 17.9. The van der Waals surface area contributed by atoms with Crippen LogP contribution < -0.4 is 10.6 Å². The van der Waals surface area contributed by atoms with Gasteiger partial charge in [-0.1, -0.05) is 29.8 Å². The van der Waals surface area contributed by atoms with Gasteiger partial charge in [0.15, 0.2) is 5.69 Å². The fourth-order valence-electron chi connectivity index (χ4n) is 7.68. The third-order valence-corrected chi connectivity index (χ3v) is 9.18. The van der Waals surface area contributed by atoms with Gasteiger partial charge in [-0.25, -0.2) is 4.68 Å². The highest BCUT2D eigenvalue weighted by molar-refractivity contribution is 6.30. The smallest absolute Gasteiger partial charge is 0.272 e. The summed E-state index contributed by atoms with van der Waals surface area (Å²) in [6.07, 6.45) is 7.08. The second kappa shape index (κ2) is 9.92. The SMILES string of the molecule is Cc1cc(C)cc(-n2nc(C(=O)NCCNC3[C@H]4C[C@@H]5C[C@@H](C[C@H]3C5)C4)c(C)c2-c2ccc(Cl)cc2)c1. The van der Waals surface area contributed by atoms with Gasteiger partial charge in [0.2, 0.25) is 0 Å². The highest BCUT2D eigenvalue weighted by Crippen LogP contribution is 2.53. The topological polar surface area (TPSA) is 59.0 Å². The van der Waals surface area contributed by atoms with Gasteiger partial charge in [-0.15, -0.1) is 0 Å². The molecule has 0 spiro atoms. The minimum Gasteiger partial charge on any atom is -0.349 e. The normalized spacial score (nSPS) is 26.0. The number of aryl methyl sites for hydroxylation is 2. The van der Waals surface area contributed by atoms with Crippen molar-refractivity contribution in [3.8, 4) is 16.9 Å². The number of carbonyl (C=O) groups excluding carboxylic acids is 1. The molecule has 1 aromatic heterocycles. The lowest BCUT2D eigenvalue weighted by molar-refractivity contribution is -0.0133. The van der Waals surface area contributed by atoms with Gasteiger partial charge in [0.05, 0.1) is 11.4 Å². The number of nitrogens with zero attached hydrogens (tertiary/aromatic N) is 2. The number of hydrogen-bond donors (Lipinski definition) is 2. The fourth-order valence-corrected chi connectivity index (χ4v) is 7.80. The molecule has 4 bridgehead atoms. The van der Waals surface area contributed by atoms with Crippen LogP contribution in [-0.2, 0) is 0 Å². The molecule has 2 N–H and O–H groups in total. The summed E-state index contributed by atoms with van der Waals surface area (Å²) >= 11 is 6.17. The Bertz CT molecular complexity index is 1260. The van der Waals surface area contributed by atoms with E-state index in [9.17, 15) is 4.79 Å². The molecule has 0 saturated heterocycles. The lowest BCUT2D eigenvalue weighted by atomic mass is 9.54. The van der Waals surface area contributed by atoms with Crippen LogP contribution in [0.15, 0.2) is 42.5 Å². The van der Waals surface area contributed by atoms with E-state index in [-0.39, 0.29) is 5.91 Å². The van der Waals surface area contributed by atoms with Crippen molar-refractivity contribution in [1.82, 2.24) is 20.4 Å². The van der Waals surface area contributed by atoms with Crippen molar-refractivity contribution in [2.75, 3.05) is 13.1 Å². The Labute approximate surface area is 225 Å². The summed E-state index contributed by atoms with van der Waals surface area (Å²) < 4.78 is 1.90. The molecule has 5 nitrogen and oxygen atoms in total. The highest BCUT2D eigenvalue weighted by atomic mass is 35.5. The second-order valence-electron chi connectivity index (χ2n) is 11.8. The van der Waals surface area contributed by atoms with E-state index < -0.39 is 0 Å². The number of carbonyl (C=O) groups is 1. The van der Waals surface area contributed by atoms with E-state index in [2.05, 4.69) is 42.7 Å². The van der Waals surface area contributed by atoms with Crippen LogP contribution in [0, 0.1) is 44.4 Å². The third-order valence-electron chi connectivity index (χ3n) is 8.92. The number of benzene rings is 2. The minimum absolute atomic E-state index is 0.122. The largest absolute Gasteiger partial charge is 0.349 e. The van der Waals surface area contributed by atoms with Gasteiger partial charge in [0.1, 0.15) is 0 Å². The monoisotopic (exact) mass is 516 g/mol. The lowest BCUT2D eigenvalue weighted by Gasteiger charge is -2.54. The third kappa shape index (κ3) is 4.84. The lowest BCUT2D eigenvalue weighted by Crippen LogP contribution is -2.55. The summed E-state index contributed by atoms with van der Waals surface area (Å²) in [5, 5.41) is 12.5. The number of hydrogen-bond acceptors (Lipinski definition) is 3. The Balaban J connectivity index is 1.19. The first-order valence-electron chi connectivity index (χ1n) is 13.8. The molecule has 37 heavy (non-hydrogen) atoms. The van der Waals surface area contributed by atoms with E-state index in [0.29, 0.717) is 23.3 Å². The van der Waals surface area contributed by atoms with Gasteiger partial charge in [-0.3, -0.25) is 4.79 Å². The number of amides is 1. The Morgan fingerprint density at radius 3 is 2.16 bits per heavy atom. The number of halogens is 1. The molecule has 4 fully saturated rings. The predicted octanol–water partition coefficient (Wildman–Crippen LogP) is 6.26. The van der Waals surface area contributed by atoms with Crippen molar-refractivity contribution in [3.05, 3.63) is 69.9 Å². The van der Waals surface area contributed by atoms with E-state index in [1.165, 1.54) is 32.1 Å². The van der Waals surface area contributed by atoms with E-state index >= 15 is 0 Å². The van der Waals surface area contributed by atoms with Crippen LogP contribution in [0.25, 0.3) is 16.9 Å². The maximum Gasteiger partial charge on any atom is 0.272 e. The Kier molecular flexibility index (Phi) is 6.62. The molecule has 4 aliphatic rings. The summed E-state index contributed by atoms with van der Waals surface area (Å²) in [5.41, 5.74) is 6.51. The summed E-state index contributed by atoms with van der Waals surface area (Å²) in [6.45, 7) is 7.56. The molecule has 1 heterocycles. The number of aromatic nitrogens is 2. The molecule has 3 aromatic rings. The maximum absolute atomic E-state index is 13.3. The molecule has 0 aliphatic heterocycles. The molecule has 0 radical (unpaired) electrons. The van der Waals surface area contributed by atoms with E-state index in [1.807, 2.05) is 35.9 Å². The zero-order valence-electron chi connectivity index (χ0n) is 22.1. The van der Waals surface area contributed by atoms with Gasteiger partial charge in [0, 0.05) is 35.3 Å². The van der Waals surface area contributed by atoms with E-state index in [4.69, 9.17) is 16.7 Å². The van der Waals surface area contributed by atoms with Crippen molar-refractivity contribution in [2.45, 2.75) is 58.9 Å². The van der Waals surface area contributed by atoms with Crippen LogP contribution in [0.2, 0.25) is 5.02 Å². The maximum atomic E-state index is 13.3. The van der Waals surface area contributed by atoms with Crippen molar-refractivity contribution in [3.63, 3.8) is 0 Å². The Hall–Kier alpha value is -2.63. The van der Waals surface area contributed by atoms with E-state index in [0.717, 1.165) is 63.9 Å². The molecule has 6 heteroatoms. The number of rotatable bonds is 7. The zero-order chi connectivity index (χ0) is 25.7. The van der Waals surface area contributed by atoms with E-state index in [1.54, 1.807) is 0 Å².